The lowest BCUT2D eigenvalue weighted by Gasteiger charge is -2.16. The second-order valence-corrected chi connectivity index (χ2v) is 6.15. The number of rotatable bonds is 4. The third-order valence-corrected chi connectivity index (χ3v) is 4.52. The van der Waals surface area contributed by atoms with Gasteiger partial charge in [-0.05, 0) is 80.0 Å². The second kappa shape index (κ2) is 6.35. The first kappa shape index (κ1) is 14.8. The number of ketones is 1. The average molecular weight is 294 g/mol. The van der Waals surface area contributed by atoms with Crippen molar-refractivity contribution in [1.82, 2.24) is 0 Å². The van der Waals surface area contributed by atoms with Gasteiger partial charge in [0.05, 0.1) is 0 Å². The first-order chi connectivity index (χ1) is 10.6. The lowest BCUT2D eigenvalue weighted by molar-refractivity contribution is 0.0921. The number of hydrogen-bond donors (Lipinski definition) is 0. The van der Waals surface area contributed by atoms with Crippen LogP contribution in [0.5, 0.6) is 5.75 Å². The molecule has 3 rings (SSSR count). The largest absolute Gasteiger partial charge is 0.485 e. The Balaban J connectivity index is 1.66. The van der Waals surface area contributed by atoms with Crippen LogP contribution in [0.25, 0.3) is 0 Å². The molecule has 2 nitrogen and oxygen atoms in total. The van der Waals surface area contributed by atoms with E-state index in [-0.39, 0.29) is 12.4 Å². The van der Waals surface area contributed by atoms with Gasteiger partial charge in [-0.15, -0.1) is 0 Å². The summed E-state index contributed by atoms with van der Waals surface area (Å²) in [5, 5.41) is 0. The summed E-state index contributed by atoms with van der Waals surface area (Å²) in [7, 11) is 0. The Morgan fingerprint density at radius 2 is 1.73 bits per heavy atom. The molecule has 0 radical (unpaired) electrons. The number of ether oxygens (including phenoxy) is 1. The van der Waals surface area contributed by atoms with Gasteiger partial charge in [0.15, 0.2) is 12.4 Å². The zero-order chi connectivity index (χ0) is 15.5. The Morgan fingerprint density at radius 1 is 0.955 bits per heavy atom. The van der Waals surface area contributed by atoms with E-state index < -0.39 is 0 Å². The van der Waals surface area contributed by atoms with E-state index in [2.05, 4.69) is 12.1 Å². The summed E-state index contributed by atoms with van der Waals surface area (Å²) in [5.41, 5.74) is 5.87. The van der Waals surface area contributed by atoms with E-state index in [1.165, 1.54) is 29.5 Å². The van der Waals surface area contributed by atoms with E-state index in [1.54, 1.807) is 0 Å². The molecule has 0 aromatic heterocycles. The fourth-order valence-corrected chi connectivity index (χ4v) is 2.95. The summed E-state index contributed by atoms with van der Waals surface area (Å²) in [4.78, 5) is 12.2. The Morgan fingerprint density at radius 3 is 2.50 bits per heavy atom. The average Bonchev–Trinajstić information content (AvgIpc) is 2.55. The summed E-state index contributed by atoms with van der Waals surface area (Å²) < 4.78 is 5.71. The van der Waals surface area contributed by atoms with Crippen LogP contribution in [-0.2, 0) is 12.8 Å². The SMILES string of the molecule is Cc1ccc(C(=O)COc2ccc3c(c2)CCCC3)cc1C. The number of Topliss-reactive ketones (excluding diaryl/α,β-unsaturated/α-hetero) is 1. The fourth-order valence-electron chi connectivity index (χ4n) is 2.95. The molecule has 2 aromatic rings. The van der Waals surface area contributed by atoms with Gasteiger partial charge in [0.2, 0.25) is 0 Å². The van der Waals surface area contributed by atoms with Crippen molar-refractivity contribution in [2.24, 2.45) is 0 Å². The van der Waals surface area contributed by atoms with Crippen molar-refractivity contribution in [2.45, 2.75) is 39.5 Å². The molecule has 0 fully saturated rings. The second-order valence-electron chi connectivity index (χ2n) is 6.15. The number of carbonyl (C=O) groups is 1. The predicted molar refractivity (Wildman–Crippen MR) is 88.8 cm³/mol. The van der Waals surface area contributed by atoms with Crippen molar-refractivity contribution >= 4 is 5.78 Å². The van der Waals surface area contributed by atoms with Gasteiger partial charge in [-0.3, -0.25) is 4.79 Å². The molecule has 0 unspecified atom stereocenters. The predicted octanol–water partition coefficient (Wildman–Crippen LogP) is 4.44. The molecule has 22 heavy (non-hydrogen) atoms. The number of aryl methyl sites for hydroxylation is 4. The van der Waals surface area contributed by atoms with Crippen LogP contribution in [-0.4, -0.2) is 12.4 Å². The van der Waals surface area contributed by atoms with Gasteiger partial charge < -0.3 is 4.74 Å². The number of fused-ring (bicyclic) bond motifs is 1. The maximum atomic E-state index is 12.2. The maximum Gasteiger partial charge on any atom is 0.200 e. The van der Waals surface area contributed by atoms with Crippen molar-refractivity contribution in [3.8, 4) is 5.75 Å². The zero-order valence-electron chi connectivity index (χ0n) is 13.3. The van der Waals surface area contributed by atoms with Gasteiger partial charge in [-0.2, -0.15) is 0 Å². The van der Waals surface area contributed by atoms with Crippen molar-refractivity contribution in [2.75, 3.05) is 6.61 Å². The standard InChI is InChI=1S/C20H22O2/c1-14-7-8-18(11-15(14)2)20(21)13-22-19-10-9-16-5-3-4-6-17(16)12-19/h7-12H,3-6,13H2,1-2H3. The van der Waals surface area contributed by atoms with Gasteiger partial charge >= 0.3 is 0 Å². The normalized spacial score (nSPS) is 13.5. The topological polar surface area (TPSA) is 26.3 Å². The number of carbonyl (C=O) groups excluding carboxylic acids is 1. The highest BCUT2D eigenvalue weighted by atomic mass is 16.5. The molecule has 0 saturated carbocycles. The van der Waals surface area contributed by atoms with E-state index in [9.17, 15) is 4.79 Å². The Kier molecular flexibility index (Phi) is 4.28. The number of benzene rings is 2. The highest BCUT2D eigenvalue weighted by Gasteiger charge is 2.12. The summed E-state index contributed by atoms with van der Waals surface area (Å²) in [6.45, 7) is 4.17. The molecule has 0 amide bonds. The minimum atomic E-state index is 0.0285. The van der Waals surface area contributed by atoms with Crippen LogP contribution in [0.1, 0.15) is 45.5 Å². The molecule has 1 aliphatic rings. The van der Waals surface area contributed by atoms with Gasteiger partial charge in [0.1, 0.15) is 5.75 Å². The fraction of sp³-hybridized carbons (Fsp3) is 0.350. The molecule has 0 spiro atoms. The van der Waals surface area contributed by atoms with Gasteiger partial charge in [0.25, 0.3) is 0 Å². The Bertz CT molecular complexity index is 701. The minimum Gasteiger partial charge on any atom is -0.485 e. The molecule has 0 heterocycles. The van der Waals surface area contributed by atoms with Crippen LogP contribution in [0.3, 0.4) is 0 Å². The van der Waals surface area contributed by atoms with Crippen molar-refractivity contribution in [3.63, 3.8) is 0 Å². The summed E-state index contributed by atoms with van der Waals surface area (Å²) in [6, 6.07) is 12.0. The Hall–Kier alpha value is -2.09. The first-order valence-corrected chi connectivity index (χ1v) is 7.98. The van der Waals surface area contributed by atoms with Gasteiger partial charge in [-0.25, -0.2) is 0 Å². The van der Waals surface area contributed by atoms with Crippen LogP contribution in [0.4, 0.5) is 0 Å². The van der Waals surface area contributed by atoms with Crippen LogP contribution in [0, 0.1) is 13.8 Å². The van der Waals surface area contributed by atoms with E-state index in [0.29, 0.717) is 0 Å². The molecule has 0 atom stereocenters. The van der Waals surface area contributed by atoms with E-state index in [0.717, 1.165) is 29.7 Å². The Labute approximate surface area is 132 Å². The van der Waals surface area contributed by atoms with Crippen molar-refractivity contribution < 1.29 is 9.53 Å². The van der Waals surface area contributed by atoms with E-state index in [4.69, 9.17) is 4.74 Å². The lowest BCUT2D eigenvalue weighted by atomic mass is 9.92. The van der Waals surface area contributed by atoms with Crippen LogP contribution >= 0.6 is 0 Å². The highest BCUT2D eigenvalue weighted by molar-refractivity contribution is 5.97. The van der Waals surface area contributed by atoms with Gasteiger partial charge in [0, 0.05) is 5.56 Å². The number of hydrogen-bond acceptors (Lipinski definition) is 2. The van der Waals surface area contributed by atoms with Gasteiger partial charge in [-0.1, -0.05) is 18.2 Å². The first-order valence-electron chi connectivity index (χ1n) is 7.98. The third-order valence-electron chi connectivity index (χ3n) is 4.52. The summed E-state index contributed by atoms with van der Waals surface area (Å²) in [5.74, 6) is 0.832. The van der Waals surface area contributed by atoms with E-state index >= 15 is 0 Å². The summed E-state index contributed by atoms with van der Waals surface area (Å²) >= 11 is 0. The molecule has 2 aromatic carbocycles. The molecule has 0 aliphatic heterocycles. The smallest absolute Gasteiger partial charge is 0.200 e. The van der Waals surface area contributed by atoms with Crippen LogP contribution in [0.2, 0.25) is 0 Å². The summed E-state index contributed by atoms with van der Waals surface area (Å²) in [6.07, 6.45) is 4.81. The van der Waals surface area contributed by atoms with E-state index in [1.807, 2.05) is 38.1 Å². The molecule has 1 aliphatic carbocycles. The lowest BCUT2D eigenvalue weighted by Crippen LogP contribution is -2.12. The molecule has 0 saturated heterocycles. The quantitative estimate of drug-likeness (QED) is 0.779. The van der Waals surface area contributed by atoms with Crippen molar-refractivity contribution in [3.05, 3.63) is 64.2 Å². The van der Waals surface area contributed by atoms with Crippen LogP contribution < -0.4 is 4.74 Å². The minimum absolute atomic E-state index is 0.0285. The highest BCUT2D eigenvalue weighted by Crippen LogP contribution is 2.25. The monoisotopic (exact) mass is 294 g/mol. The zero-order valence-corrected chi connectivity index (χ0v) is 13.3. The molecule has 0 bridgehead atoms. The molecule has 2 heteroatoms. The molecular weight excluding hydrogens is 272 g/mol. The molecule has 114 valence electrons. The molecule has 0 N–H and O–H groups in total. The van der Waals surface area contributed by atoms with Crippen molar-refractivity contribution in [1.29, 1.82) is 0 Å². The van der Waals surface area contributed by atoms with Crippen LogP contribution in [0.15, 0.2) is 36.4 Å². The maximum absolute atomic E-state index is 12.2. The third kappa shape index (κ3) is 3.22. The molecular formula is C20H22O2.